The van der Waals surface area contributed by atoms with Crippen LogP contribution in [0.5, 0.6) is 0 Å². The Balaban J connectivity index is 1.52. The van der Waals surface area contributed by atoms with Crippen molar-refractivity contribution in [3.63, 3.8) is 0 Å². The van der Waals surface area contributed by atoms with Crippen LogP contribution in [0.1, 0.15) is 41.7 Å². The monoisotopic (exact) mass is 325 g/mol. The fourth-order valence-corrected chi connectivity index (χ4v) is 2.99. The molecule has 126 valence electrons. The average molecular weight is 325 g/mol. The third-order valence-electron chi connectivity index (χ3n) is 4.30. The Morgan fingerprint density at radius 2 is 1.79 bits per heavy atom. The van der Waals surface area contributed by atoms with Gasteiger partial charge in [0.1, 0.15) is 5.69 Å². The number of rotatable bonds is 6. The highest BCUT2D eigenvalue weighted by Crippen LogP contribution is 2.19. The van der Waals surface area contributed by atoms with Crippen LogP contribution in [0.2, 0.25) is 0 Å². The van der Waals surface area contributed by atoms with E-state index in [1.807, 2.05) is 36.4 Å². The quantitative estimate of drug-likeness (QED) is 0.802. The Bertz CT molecular complexity index is 634. The average Bonchev–Trinajstić information content (AvgIpc) is 2.65. The summed E-state index contributed by atoms with van der Waals surface area (Å²) in [4.78, 5) is 22.1. The summed E-state index contributed by atoms with van der Waals surface area (Å²) in [7, 11) is 0. The molecule has 0 bridgehead atoms. The molecule has 3 rings (SSSR count). The van der Waals surface area contributed by atoms with Crippen LogP contribution >= 0.6 is 0 Å². The van der Waals surface area contributed by atoms with Gasteiger partial charge in [-0.1, -0.05) is 49.2 Å². The van der Waals surface area contributed by atoms with Crippen molar-refractivity contribution in [2.45, 2.75) is 44.4 Å². The van der Waals surface area contributed by atoms with E-state index in [1.54, 1.807) is 18.3 Å². The van der Waals surface area contributed by atoms with Gasteiger partial charge in [-0.05, 0) is 30.5 Å². The molecule has 0 spiro atoms. The highest BCUT2D eigenvalue weighted by molar-refractivity contribution is 5.92. The van der Waals surface area contributed by atoms with Gasteiger partial charge in [0.2, 0.25) is 0 Å². The lowest BCUT2D eigenvalue weighted by Gasteiger charge is -2.32. The summed E-state index contributed by atoms with van der Waals surface area (Å²) < 4.78 is 0. The number of carbonyl (C=O) groups is 1. The summed E-state index contributed by atoms with van der Waals surface area (Å²) >= 11 is 0. The van der Waals surface area contributed by atoms with E-state index in [4.69, 9.17) is 4.84 Å². The first-order valence-electron chi connectivity index (χ1n) is 8.46. The van der Waals surface area contributed by atoms with Crippen molar-refractivity contribution in [1.29, 1.82) is 0 Å². The number of nitrogens with zero attached hydrogens (tertiary/aromatic N) is 1. The zero-order valence-corrected chi connectivity index (χ0v) is 13.7. The molecule has 2 aromatic rings. The Hall–Kier alpha value is -2.24. The zero-order chi connectivity index (χ0) is 16.6. The predicted molar refractivity (Wildman–Crippen MR) is 92.1 cm³/mol. The van der Waals surface area contributed by atoms with Gasteiger partial charge in [-0.15, -0.1) is 0 Å². The number of amides is 1. The molecule has 0 saturated heterocycles. The van der Waals surface area contributed by atoms with Gasteiger partial charge in [0.05, 0.1) is 12.6 Å². The molecule has 2 atom stereocenters. The molecule has 1 saturated carbocycles. The van der Waals surface area contributed by atoms with Gasteiger partial charge >= 0.3 is 0 Å². The SMILES string of the molecule is O=C(N[C@@H]1CCCC[C@H]1NOCc1ccccc1)c1ccccn1. The number of hydrogen-bond acceptors (Lipinski definition) is 4. The third kappa shape index (κ3) is 4.63. The predicted octanol–water partition coefficient (Wildman–Crippen LogP) is 2.84. The van der Waals surface area contributed by atoms with Gasteiger partial charge < -0.3 is 5.32 Å². The van der Waals surface area contributed by atoms with Crippen molar-refractivity contribution in [1.82, 2.24) is 15.8 Å². The first-order chi connectivity index (χ1) is 11.8. The maximum absolute atomic E-state index is 12.3. The van der Waals surface area contributed by atoms with Gasteiger partial charge in [0.25, 0.3) is 5.91 Å². The van der Waals surface area contributed by atoms with E-state index in [2.05, 4.69) is 15.8 Å². The molecule has 1 fully saturated rings. The van der Waals surface area contributed by atoms with Crippen molar-refractivity contribution < 1.29 is 9.63 Å². The number of hydrogen-bond donors (Lipinski definition) is 2. The second kappa shape index (κ2) is 8.57. The molecule has 0 unspecified atom stereocenters. The smallest absolute Gasteiger partial charge is 0.270 e. The standard InChI is InChI=1S/C19H23N3O2/c23-19(18-12-6-7-13-20-18)21-16-10-4-5-11-17(16)22-24-14-15-8-2-1-3-9-15/h1-3,6-9,12-13,16-17,22H,4-5,10-11,14H2,(H,21,23)/t16-,17-/m1/s1. The van der Waals surface area contributed by atoms with E-state index in [-0.39, 0.29) is 18.0 Å². The van der Waals surface area contributed by atoms with Crippen molar-refractivity contribution in [2.75, 3.05) is 0 Å². The molecular formula is C19H23N3O2. The molecule has 5 nitrogen and oxygen atoms in total. The van der Waals surface area contributed by atoms with Crippen molar-refractivity contribution >= 4 is 5.91 Å². The number of hydroxylamine groups is 1. The summed E-state index contributed by atoms with van der Waals surface area (Å²) in [5.74, 6) is -0.127. The molecule has 1 heterocycles. The molecule has 2 N–H and O–H groups in total. The van der Waals surface area contributed by atoms with Gasteiger partial charge in [-0.2, -0.15) is 5.48 Å². The van der Waals surface area contributed by atoms with E-state index in [1.165, 1.54) is 0 Å². The van der Waals surface area contributed by atoms with Gasteiger partial charge in [-0.3, -0.25) is 14.6 Å². The van der Waals surface area contributed by atoms with Crippen molar-refractivity contribution in [3.05, 3.63) is 66.0 Å². The lowest BCUT2D eigenvalue weighted by Crippen LogP contribution is -2.51. The second-order valence-electron chi connectivity index (χ2n) is 6.08. The fraction of sp³-hybridized carbons (Fsp3) is 0.368. The van der Waals surface area contributed by atoms with Crippen LogP contribution < -0.4 is 10.8 Å². The molecule has 1 aliphatic rings. The van der Waals surface area contributed by atoms with Crippen molar-refractivity contribution in [3.8, 4) is 0 Å². The lowest BCUT2D eigenvalue weighted by molar-refractivity contribution is -0.0126. The van der Waals surface area contributed by atoms with Crippen molar-refractivity contribution in [2.24, 2.45) is 0 Å². The van der Waals surface area contributed by atoms with Crippen LogP contribution in [-0.4, -0.2) is 23.0 Å². The Kier molecular flexibility index (Phi) is 5.93. The van der Waals surface area contributed by atoms with E-state index in [0.29, 0.717) is 12.3 Å². The lowest BCUT2D eigenvalue weighted by atomic mass is 9.91. The maximum Gasteiger partial charge on any atom is 0.270 e. The van der Waals surface area contributed by atoms with Gasteiger partial charge in [-0.25, -0.2) is 0 Å². The number of aromatic nitrogens is 1. The van der Waals surface area contributed by atoms with Gasteiger partial charge in [0, 0.05) is 12.2 Å². The highest BCUT2D eigenvalue weighted by atomic mass is 16.6. The topological polar surface area (TPSA) is 63.2 Å². The number of benzene rings is 1. The van der Waals surface area contributed by atoms with Crippen LogP contribution in [0, 0.1) is 0 Å². The Morgan fingerprint density at radius 1 is 1.04 bits per heavy atom. The highest BCUT2D eigenvalue weighted by Gasteiger charge is 2.27. The number of nitrogens with one attached hydrogen (secondary N) is 2. The molecule has 0 aliphatic heterocycles. The molecule has 1 aliphatic carbocycles. The van der Waals surface area contributed by atoms with E-state index in [0.717, 1.165) is 31.2 Å². The summed E-state index contributed by atoms with van der Waals surface area (Å²) in [6, 6.07) is 15.6. The number of carbonyl (C=O) groups excluding carboxylic acids is 1. The van der Waals surface area contributed by atoms with Gasteiger partial charge in [0.15, 0.2) is 0 Å². The molecular weight excluding hydrogens is 302 g/mol. The maximum atomic E-state index is 12.3. The Labute approximate surface area is 142 Å². The minimum atomic E-state index is -0.127. The van der Waals surface area contributed by atoms with Crippen LogP contribution in [0.25, 0.3) is 0 Å². The molecule has 1 aromatic heterocycles. The minimum Gasteiger partial charge on any atom is -0.346 e. The first-order valence-corrected chi connectivity index (χ1v) is 8.46. The largest absolute Gasteiger partial charge is 0.346 e. The summed E-state index contributed by atoms with van der Waals surface area (Å²) in [6.45, 7) is 0.512. The second-order valence-corrected chi connectivity index (χ2v) is 6.08. The molecule has 5 heteroatoms. The van der Waals surface area contributed by atoms with Crippen LogP contribution in [0.15, 0.2) is 54.7 Å². The number of pyridine rings is 1. The van der Waals surface area contributed by atoms with E-state index < -0.39 is 0 Å². The normalized spacial score (nSPS) is 20.5. The molecule has 24 heavy (non-hydrogen) atoms. The van der Waals surface area contributed by atoms with Crippen LogP contribution in [-0.2, 0) is 11.4 Å². The summed E-state index contributed by atoms with van der Waals surface area (Å²) in [5, 5.41) is 3.09. The third-order valence-corrected chi connectivity index (χ3v) is 4.30. The van der Waals surface area contributed by atoms with Crippen LogP contribution in [0.4, 0.5) is 0 Å². The van der Waals surface area contributed by atoms with Crippen LogP contribution in [0.3, 0.4) is 0 Å². The molecule has 0 radical (unpaired) electrons. The van der Waals surface area contributed by atoms with E-state index >= 15 is 0 Å². The van der Waals surface area contributed by atoms with E-state index in [9.17, 15) is 4.79 Å². The Morgan fingerprint density at radius 3 is 2.54 bits per heavy atom. The zero-order valence-electron chi connectivity index (χ0n) is 13.7. The summed E-state index contributed by atoms with van der Waals surface area (Å²) in [6.07, 6.45) is 5.83. The molecule has 1 aromatic carbocycles. The molecule has 1 amide bonds. The summed E-state index contributed by atoms with van der Waals surface area (Å²) in [5.41, 5.74) is 4.71. The fourth-order valence-electron chi connectivity index (χ4n) is 2.99. The minimum absolute atomic E-state index is 0.0593. The first kappa shape index (κ1) is 16.6.